The second kappa shape index (κ2) is 4.94. The molecule has 2 N–H and O–H groups in total. The van der Waals surface area contributed by atoms with E-state index in [1.165, 1.54) is 0 Å². The third-order valence-corrected chi connectivity index (χ3v) is 2.09. The van der Waals surface area contributed by atoms with Gasteiger partial charge in [-0.05, 0) is 24.5 Å². The van der Waals surface area contributed by atoms with Crippen LogP contribution in [0, 0.1) is 0 Å². The van der Waals surface area contributed by atoms with Gasteiger partial charge in [0.05, 0.1) is 12.7 Å². The summed E-state index contributed by atoms with van der Waals surface area (Å²) in [5, 5.41) is 18.6. The van der Waals surface area contributed by atoms with Crippen LogP contribution in [0.3, 0.4) is 0 Å². The fraction of sp³-hybridized carbons (Fsp3) is 0.333. The van der Waals surface area contributed by atoms with Crippen LogP contribution in [0.2, 0.25) is 0 Å². The molecule has 0 fully saturated rings. The highest BCUT2D eigenvalue weighted by atomic mass is 16.3. The van der Waals surface area contributed by atoms with E-state index in [1.807, 2.05) is 31.2 Å². The molecule has 1 aromatic carbocycles. The van der Waals surface area contributed by atoms with E-state index in [-0.39, 0.29) is 6.61 Å². The molecule has 1 aromatic rings. The number of aliphatic hydroxyl groups is 2. The molecule has 2 heteroatoms. The Morgan fingerprint density at radius 3 is 2.36 bits per heavy atom. The molecule has 0 amide bonds. The van der Waals surface area contributed by atoms with Crippen molar-refractivity contribution in [1.29, 1.82) is 0 Å². The van der Waals surface area contributed by atoms with Gasteiger partial charge in [0.2, 0.25) is 0 Å². The van der Waals surface area contributed by atoms with Crippen molar-refractivity contribution in [2.24, 2.45) is 0 Å². The van der Waals surface area contributed by atoms with Crippen LogP contribution in [0.5, 0.6) is 0 Å². The van der Waals surface area contributed by atoms with Gasteiger partial charge >= 0.3 is 0 Å². The molecule has 0 bridgehead atoms. The highest BCUT2D eigenvalue weighted by molar-refractivity contribution is 5.24. The summed E-state index contributed by atoms with van der Waals surface area (Å²) in [6.07, 6.45) is 0.0959. The van der Waals surface area contributed by atoms with Crippen LogP contribution in [0.15, 0.2) is 36.4 Å². The third-order valence-electron chi connectivity index (χ3n) is 2.09. The van der Waals surface area contributed by atoms with Gasteiger partial charge in [-0.3, -0.25) is 0 Å². The van der Waals surface area contributed by atoms with Crippen LogP contribution in [0.1, 0.15) is 30.6 Å². The molecule has 14 heavy (non-hydrogen) atoms. The zero-order valence-corrected chi connectivity index (χ0v) is 8.40. The zero-order valence-electron chi connectivity index (χ0n) is 8.40. The minimum Gasteiger partial charge on any atom is -0.392 e. The Bertz CT molecular complexity index is 301. The lowest BCUT2D eigenvalue weighted by molar-refractivity contribution is 0.178. The summed E-state index contributed by atoms with van der Waals surface area (Å²) in [7, 11) is 0. The Morgan fingerprint density at radius 1 is 1.36 bits per heavy atom. The zero-order chi connectivity index (χ0) is 10.6. The van der Waals surface area contributed by atoms with Crippen molar-refractivity contribution in [1.82, 2.24) is 0 Å². The summed E-state index contributed by atoms with van der Waals surface area (Å²) in [5.74, 6) is 0. The second-order valence-corrected chi connectivity index (χ2v) is 3.58. The maximum atomic E-state index is 9.73. The van der Waals surface area contributed by atoms with E-state index in [2.05, 4.69) is 6.58 Å². The van der Waals surface area contributed by atoms with Gasteiger partial charge in [-0.25, -0.2) is 0 Å². The molecule has 1 rings (SSSR count). The van der Waals surface area contributed by atoms with Crippen molar-refractivity contribution in [3.8, 4) is 0 Å². The quantitative estimate of drug-likeness (QED) is 0.718. The Kier molecular flexibility index (Phi) is 3.86. The topological polar surface area (TPSA) is 40.5 Å². The number of aliphatic hydroxyl groups excluding tert-OH is 2. The van der Waals surface area contributed by atoms with Crippen LogP contribution >= 0.6 is 0 Å². The summed E-state index contributed by atoms with van der Waals surface area (Å²) in [6.45, 7) is 5.69. The molecule has 0 saturated carbocycles. The Labute approximate surface area is 84.5 Å². The van der Waals surface area contributed by atoms with Crippen LogP contribution in [-0.2, 0) is 6.61 Å². The van der Waals surface area contributed by atoms with Gasteiger partial charge in [0.15, 0.2) is 0 Å². The standard InChI is InChI=1S/C12H16O2/c1-9(2)7-12(14)11-5-3-10(8-13)4-6-11/h3-6,12-14H,1,7-8H2,2H3. The number of rotatable bonds is 4. The summed E-state index contributed by atoms with van der Waals surface area (Å²) >= 11 is 0. The van der Waals surface area contributed by atoms with E-state index in [9.17, 15) is 5.11 Å². The summed E-state index contributed by atoms with van der Waals surface area (Å²) in [4.78, 5) is 0. The molecule has 0 spiro atoms. The second-order valence-electron chi connectivity index (χ2n) is 3.58. The molecule has 2 nitrogen and oxygen atoms in total. The first kappa shape index (κ1) is 11.0. The molecule has 76 valence electrons. The molecular weight excluding hydrogens is 176 g/mol. The molecule has 1 unspecified atom stereocenters. The highest BCUT2D eigenvalue weighted by Crippen LogP contribution is 2.20. The first-order valence-electron chi connectivity index (χ1n) is 4.65. The average Bonchev–Trinajstić information content (AvgIpc) is 2.17. The lowest BCUT2D eigenvalue weighted by atomic mass is 10.0. The first-order valence-corrected chi connectivity index (χ1v) is 4.65. The minimum absolute atomic E-state index is 0.0386. The van der Waals surface area contributed by atoms with E-state index in [0.717, 1.165) is 16.7 Å². The number of benzene rings is 1. The van der Waals surface area contributed by atoms with Gasteiger partial charge in [0.25, 0.3) is 0 Å². The molecule has 0 aliphatic rings. The third kappa shape index (κ3) is 2.98. The fourth-order valence-corrected chi connectivity index (χ4v) is 1.29. The van der Waals surface area contributed by atoms with E-state index in [1.54, 1.807) is 0 Å². The van der Waals surface area contributed by atoms with E-state index in [4.69, 9.17) is 5.11 Å². The fourth-order valence-electron chi connectivity index (χ4n) is 1.29. The van der Waals surface area contributed by atoms with E-state index >= 15 is 0 Å². The van der Waals surface area contributed by atoms with Crippen molar-refractivity contribution in [2.75, 3.05) is 0 Å². The summed E-state index contributed by atoms with van der Waals surface area (Å²) in [5.41, 5.74) is 2.69. The molecule has 0 aromatic heterocycles. The lowest BCUT2D eigenvalue weighted by Crippen LogP contribution is -1.97. The number of hydrogen-bond donors (Lipinski definition) is 2. The van der Waals surface area contributed by atoms with Crippen molar-refractivity contribution in [2.45, 2.75) is 26.1 Å². The first-order chi connectivity index (χ1) is 6.63. The Morgan fingerprint density at radius 2 is 1.93 bits per heavy atom. The van der Waals surface area contributed by atoms with Crippen molar-refractivity contribution < 1.29 is 10.2 Å². The molecule has 0 aliphatic heterocycles. The Balaban J connectivity index is 2.71. The lowest BCUT2D eigenvalue weighted by Gasteiger charge is -2.10. The Hall–Kier alpha value is -1.12. The maximum Gasteiger partial charge on any atom is 0.0826 e. The van der Waals surface area contributed by atoms with Crippen LogP contribution in [-0.4, -0.2) is 10.2 Å². The molecule has 0 heterocycles. The highest BCUT2D eigenvalue weighted by Gasteiger charge is 2.06. The normalized spacial score (nSPS) is 12.5. The maximum absolute atomic E-state index is 9.73. The molecule has 0 saturated heterocycles. The predicted octanol–water partition coefficient (Wildman–Crippen LogP) is 2.18. The minimum atomic E-state index is -0.486. The smallest absolute Gasteiger partial charge is 0.0826 e. The van der Waals surface area contributed by atoms with Crippen LogP contribution < -0.4 is 0 Å². The van der Waals surface area contributed by atoms with Gasteiger partial charge in [-0.1, -0.05) is 29.8 Å². The van der Waals surface area contributed by atoms with Gasteiger partial charge in [-0.15, -0.1) is 6.58 Å². The van der Waals surface area contributed by atoms with Gasteiger partial charge < -0.3 is 10.2 Å². The van der Waals surface area contributed by atoms with Gasteiger partial charge in [-0.2, -0.15) is 0 Å². The monoisotopic (exact) mass is 192 g/mol. The largest absolute Gasteiger partial charge is 0.392 e. The van der Waals surface area contributed by atoms with E-state index < -0.39 is 6.10 Å². The molecule has 0 radical (unpaired) electrons. The van der Waals surface area contributed by atoms with Crippen molar-refractivity contribution in [3.05, 3.63) is 47.5 Å². The van der Waals surface area contributed by atoms with Crippen LogP contribution in [0.4, 0.5) is 0 Å². The number of hydrogen-bond acceptors (Lipinski definition) is 2. The van der Waals surface area contributed by atoms with Crippen molar-refractivity contribution in [3.63, 3.8) is 0 Å². The van der Waals surface area contributed by atoms with Gasteiger partial charge in [0, 0.05) is 0 Å². The van der Waals surface area contributed by atoms with Crippen molar-refractivity contribution >= 4 is 0 Å². The molecular formula is C12H16O2. The summed E-state index contributed by atoms with van der Waals surface area (Å²) < 4.78 is 0. The van der Waals surface area contributed by atoms with Gasteiger partial charge in [0.1, 0.15) is 0 Å². The van der Waals surface area contributed by atoms with E-state index in [0.29, 0.717) is 6.42 Å². The molecule has 1 atom stereocenters. The summed E-state index contributed by atoms with van der Waals surface area (Å²) in [6, 6.07) is 7.30. The average molecular weight is 192 g/mol. The molecule has 0 aliphatic carbocycles. The SMILES string of the molecule is C=C(C)CC(O)c1ccc(CO)cc1. The predicted molar refractivity (Wildman–Crippen MR) is 56.8 cm³/mol. The van der Waals surface area contributed by atoms with Crippen LogP contribution in [0.25, 0.3) is 0 Å².